The number of ether oxygens (including phenoxy) is 1. The van der Waals surface area contributed by atoms with Gasteiger partial charge in [0.25, 0.3) is 5.91 Å². The van der Waals surface area contributed by atoms with Crippen molar-refractivity contribution in [1.82, 2.24) is 45.3 Å². The Hall–Kier alpha value is -4.81. The first-order chi connectivity index (χ1) is 26.0. The minimum atomic E-state index is -0.122. The lowest BCUT2D eigenvalue weighted by Gasteiger charge is -2.19. The van der Waals surface area contributed by atoms with Gasteiger partial charge in [-0.05, 0) is 80.6 Å². The summed E-state index contributed by atoms with van der Waals surface area (Å²) < 4.78 is 8.30. The van der Waals surface area contributed by atoms with Gasteiger partial charge in [-0.1, -0.05) is 63.2 Å². The van der Waals surface area contributed by atoms with Gasteiger partial charge in [-0.3, -0.25) is 24.4 Å². The number of rotatable bonds is 19. The zero-order valence-corrected chi connectivity index (χ0v) is 33.6. The molecule has 54 heavy (non-hydrogen) atoms. The van der Waals surface area contributed by atoms with Gasteiger partial charge in [-0.2, -0.15) is 10.2 Å². The van der Waals surface area contributed by atoms with Crippen LogP contribution in [0.4, 0.5) is 0 Å². The summed E-state index contributed by atoms with van der Waals surface area (Å²) in [6, 6.07) is 22.4. The number of amides is 1. The maximum atomic E-state index is 13.5. The number of H-pyrrole nitrogens is 1. The lowest BCUT2D eigenvalue weighted by atomic mass is 9.90. The van der Waals surface area contributed by atoms with Gasteiger partial charge in [0.1, 0.15) is 11.5 Å². The third-order valence-electron chi connectivity index (χ3n) is 9.77. The number of carbonyl (C=O) groups is 1. The van der Waals surface area contributed by atoms with E-state index in [2.05, 4.69) is 94.6 Å². The zero-order chi connectivity index (χ0) is 38.8. The molecule has 1 atom stereocenters. The van der Waals surface area contributed by atoms with Gasteiger partial charge in [-0.15, -0.1) is 0 Å². The Labute approximate surface area is 321 Å². The van der Waals surface area contributed by atoms with E-state index in [1.54, 1.807) is 19.0 Å². The van der Waals surface area contributed by atoms with Crippen LogP contribution >= 0.6 is 0 Å². The van der Waals surface area contributed by atoms with Crippen LogP contribution in [0, 0.1) is 0 Å². The van der Waals surface area contributed by atoms with E-state index < -0.39 is 0 Å². The maximum Gasteiger partial charge on any atom is 0.257 e. The highest BCUT2D eigenvalue weighted by Crippen LogP contribution is 2.35. The molecule has 5 aromatic rings. The fourth-order valence-electron chi connectivity index (χ4n) is 6.53. The maximum absolute atomic E-state index is 13.5. The van der Waals surface area contributed by atoms with Crippen molar-refractivity contribution < 1.29 is 9.53 Å². The van der Waals surface area contributed by atoms with Crippen LogP contribution in [0.1, 0.15) is 65.5 Å². The van der Waals surface area contributed by atoms with E-state index in [0.717, 1.165) is 60.8 Å². The van der Waals surface area contributed by atoms with Crippen LogP contribution < -0.4 is 15.4 Å². The van der Waals surface area contributed by atoms with E-state index in [9.17, 15) is 4.79 Å². The summed E-state index contributed by atoms with van der Waals surface area (Å²) >= 11 is 0. The number of likely N-dealkylation sites (N-methyl/N-ethyl adjacent to an activating group) is 4. The summed E-state index contributed by atoms with van der Waals surface area (Å²) in [6.07, 6.45) is 4.09. The van der Waals surface area contributed by atoms with E-state index >= 15 is 0 Å². The minimum Gasteiger partial charge on any atom is -0.457 e. The quantitative estimate of drug-likeness (QED) is 0.0866. The fraction of sp³-hybridized carbons (Fsp3) is 0.419. The largest absolute Gasteiger partial charge is 0.457 e. The molecular formula is C43H59N9O2. The summed E-state index contributed by atoms with van der Waals surface area (Å²) in [5, 5.41) is 19.4. The third-order valence-corrected chi connectivity index (χ3v) is 9.77. The second kappa shape index (κ2) is 19.0. The Morgan fingerprint density at radius 2 is 1.52 bits per heavy atom. The first-order valence-electron chi connectivity index (χ1n) is 19.0. The summed E-state index contributed by atoms with van der Waals surface area (Å²) in [7, 11) is 11.7. The predicted molar refractivity (Wildman–Crippen MR) is 219 cm³/mol. The zero-order valence-electron chi connectivity index (χ0n) is 33.6. The van der Waals surface area contributed by atoms with Crippen LogP contribution in [0.2, 0.25) is 0 Å². The topological polar surface area (TPSA) is 107 Å². The fourth-order valence-corrected chi connectivity index (χ4v) is 6.53. The van der Waals surface area contributed by atoms with Gasteiger partial charge in [-0.25, -0.2) is 0 Å². The number of hydrogen-bond acceptors (Lipinski definition) is 8. The molecule has 3 N–H and O–H groups in total. The number of hydrogen-bond donors (Lipinski definition) is 3. The van der Waals surface area contributed by atoms with Gasteiger partial charge >= 0.3 is 0 Å². The molecule has 0 saturated carbocycles. The van der Waals surface area contributed by atoms with Gasteiger partial charge in [0.05, 0.1) is 23.1 Å². The molecule has 11 nitrogen and oxygen atoms in total. The number of carbonyl (C=O) groups excluding carboxylic acids is 1. The van der Waals surface area contributed by atoms with Crippen molar-refractivity contribution >= 4 is 5.91 Å². The number of nitrogens with zero attached hydrogens (tertiary/aromatic N) is 6. The van der Waals surface area contributed by atoms with E-state index in [0.29, 0.717) is 36.1 Å². The minimum absolute atomic E-state index is 0.122. The van der Waals surface area contributed by atoms with E-state index in [1.165, 1.54) is 16.7 Å². The summed E-state index contributed by atoms with van der Waals surface area (Å²) in [5.74, 6) is 1.61. The van der Waals surface area contributed by atoms with Crippen molar-refractivity contribution in [3.05, 3.63) is 107 Å². The van der Waals surface area contributed by atoms with Crippen LogP contribution in [-0.2, 0) is 19.6 Å². The lowest BCUT2D eigenvalue weighted by Crippen LogP contribution is -2.27. The van der Waals surface area contributed by atoms with Gasteiger partial charge < -0.3 is 20.3 Å². The molecule has 0 spiro atoms. The molecule has 0 aliphatic rings. The number of aromatic nitrogens is 4. The molecule has 288 valence electrons. The van der Waals surface area contributed by atoms with E-state index in [-0.39, 0.29) is 11.8 Å². The average Bonchev–Trinajstić information content (AvgIpc) is 3.79. The normalized spacial score (nSPS) is 12.2. The van der Waals surface area contributed by atoms with Gasteiger partial charge in [0.15, 0.2) is 0 Å². The average molecular weight is 734 g/mol. The number of aromatic amines is 1. The standard InChI is InChI=1S/C43H59N9O2/c1-30(2)33-21-34(23-35(22-33)38-25-46-47-40(38)28-50(8)19-17-44-4)31(3)26-52-27-39(41(48-52)29-51(9)20-18-45-5)32-15-16-42(37(24-32)43(53)49(6)7)54-36-13-11-10-12-14-36/h10-16,21-25,27,30-31,44-45H,17-20,26,28-29H2,1-9H3,(H,46,47). The Balaban J connectivity index is 1.49. The highest BCUT2D eigenvalue weighted by atomic mass is 16.5. The highest BCUT2D eigenvalue weighted by molar-refractivity contribution is 5.98. The van der Waals surface area contributed by atoms with Crippen LogP contribution in [0.3, 0.4) is 0 Å². The molecule has 0 bridgehead atoms. The second-order valence-corrected chi connectivity index (χ2v) is 14.9. The molecule has 2 heterocycles. The molecule has 0 aliphatic carbocycles. The van der Waals surface area contributed by atoms with Crippen LogP contribution in [0.15, 0.2) is 79.1 Å². The third kappa shape index (κ3) is 10.4. The van der Waals surface area contributed by atoms with Crippen LogP contribution in [-0.4, -0.2) is 109 Å². The molecule has 2 aromatic heterocycles. The number of nitrogens with one attached hydrogen (secondary N) is 3. The second-order valence-electron chi connectivity index (χ2n) is 14.9. The van der Waals surface area contributed by atoms with Crippen molar-refractivity contribution in [3.63, 3.8) is 0 Å². The molecule has 0 saturated heterocycles. The van der Waals surface area contributed by atoms with Crippen molar-refractivity contribution in [3.8, 4) is 33.8 Å². The Morgan fingerprint density at radius 3 is 2.19 bits per heavy atom. The Bertz CT molecular complexity index is 1950. The molecule has 0 radical (unpaired) electrons. The van der Waals surface area contributed by atoms with E-state index in [1.807, 2.05) is 68.8 Å². The van der Waals surface area contributed by atoms with Crippen molar-refractivity contribution in [2.75, 3.05) is 68.5 Å². The SMILES string of the molecule is CNCCN(C)Cc1nn(CC(C)c2cc(-c3cn[nH]c3CN(C)CCNC)cc(C(C)C)c2)cc1-c1ccc(Oc2ccccc2)c(C(=O)N(C)C)c1. The molecule has 1 amide bonds. The smallest absolute Gasteiger partial charge is 0.257 e. The monoisotopic (exact) mass is 733 g/mol. The molecule has 3 aromatic carbocycles. The molecule has 11 heteroatoms. The summed E-state index contributed by atoms with van der Waals surface area (Å²) in [5.41, 5.74) is 9.38. The van der Waals surface area contributed by atoms with Crippen molar-refractivity contribution in [1.29, 1.82) is 0 Å². The van der Waals surface area contributed by atoms with Gasteiger partial charge in [0.2, 0.25) is 0 Å². The van der Waals surface area contributed by atoms with Crippen LogP contribution in [0.25, 0.3) is 22.3 Å². The summed E-state index contributed by atoms with van der Waals surface area (Å²) in [4.78, 5) is 19.7. The van der Waals surface area contributed by atoms with E-state index in [4.69, 9.17) is 9.84 Å². The molecule has 5 rings (SSSR count). The number of para-hydroxylation sites is 1. The van der Waals surface area contributed by atoms with Crippen molar-refractivity contribution in [2.24, 2.45) is 0 Å². The van der Waals surface area contributed by atoms with Crippen LogP contribution in [0.5, 0.6) is 11.5 Å². The first-order valence-corrected chi connectivity index (χ1v) is 19.0. The summed E-state index contributed by atoms with van der Waals surface area (Å²) in [6.45, 7) is 12.5. The predicted octanol–water partition coefficient (Wildman–Crippen LogP) is 6.66. The first kappa shape index (κ1) is 40.4. The Kier molecular flexibility index (Phi) is 14.2. The van der Waals surface area contributed by atoms with Crippen molar-refractivity contribution in [2.45, 2.75) is 52.2 Å². The van der Waals surface area contributed by atoms with Gasteiger partial charge in [0, 0.05) is 83.2 Å². The number of benzene rings is 3. The molecule has 1 unspecified atom stereocenters. The Morgan fingerprint density at radius 1 is 0.833 bits per heavy atom. The molecule has 0 aliphatic heterocycles. The molecule has 0 fully saturated rings. The lowest BCUT2D eigenvalue weighted by molar-refractivity contribution is 0.0825. The highest BCUT2D eigenvalue weighted by Gasteiger charge is 2.22. The molecular weight excluding hydrogens is 675 g/mol.